The van der Waals surface area contributed by atoms with E-state index in [9.17, 15) is 8.42 Å². The Kier molecular flexibility index (Phi) is 5.70. The van der Waals surface area contributed by atoms with E-state index in [0.29, 0.717) is 21.2 Å². The van der Waals surface area contributed by atoms with Crippen molar-refractivity contribution >= 4 is 47.6 Å². The number of hydrogen-bond acceptors (Lipinski definition) is 4. The molecule has 0 amide bonds. The predicted octanol–water partition coefficient (Wildman–Crippen LogP) is 2.56. The number of rotatable bonds is 5. The van der Waals surface area contributed by atoms with Crippen LogP contribution in [0.1, 0.15) is 19.8 Å². The van der Waals surface area contributed by atoms with Crippen molar-refractivity contribution in [2.75, 3.05) is 25.4 Å². The Morgan fingerprint density at radius 2 is 1.81 bits per heavy atom. The zero-order valence-corrected chi connectivity index (χ0v) is 15.8. The SMILES string of the molecule is CC(CNS(=O)(=O)c1c(Br)cc(N)cc1Br)N1CCCC1. The summed E-state index contributed by atoms with van der Waals surface area (Å²) in [5.41, 5.74) is 6.19. The molecule has 1 aliphatic heterocycles. The number of nitrogens with one attached hydrogen (secondary N) is 1. The molecule has 0 bridgehead atoms. The van der Waals surface area contributed by atoms with Crippen molar-refractivity contribution in [2.45, 2.75) is 30.7 Å². The molecular weight excluding hydrogens is 422 g/mol. The van der Waals surface area contributed by atoms with E-state index in [2.05, 4.69) is 41.5 Å². The second kappa shape index (κ2) is 6.95. The lowest BCUT2D eigenvalue weighted by atomic mass is 10.3. The molecule has 1 saturated heterocycles. The van der Waals surface area contributed by atoms with Crippen LogP contribution in [0.25, 0.3) is 0 Å². The van der Waals surface area contributed by atoms with Gasteiger partial charge in [-0.15, -0.1) is 0 Å². The van der Waals surface area contributed by atoms with Gasteiger partial charge in [0.15, 0.2) is 0 Å². The highest BCUT2D eigenvalue weighted by molar-refractivity contribution is 9.11. The molecule has 8 heteroatoms. The van der Waals surface area contributed by atoms with Gasteiger partial charge in [0.2, 0.25) is 10.0 Å². The number of nitrogen functional groups attached to an aromatic ring is 1. The monoisotopic (exact) mass is 439 g/mol. The fourth-order valence-corrected chi connectivity index (χ4v) is 6.19. The van der Waals surface area contributed by atoms with Gasteiger partial charge in [0, 0.05) is 27.2 Å². The summed E-state index contributed by atoms with van der Waals surface area (Å²) < 4.78 is 28.5. The van der Waals surface area contributed by atoms with Crippen molar-refractivity contribution in [3.8, 4) is 0 Å². The average molecular weight is 441 g/mol. The minimum Gasteiger partial charge on any atom is -0.399 e. The van der Waals surface area contributed by atoms with E-state index >= 15 is 0 Å². The van der Waals surface area contributed by atoms with Crippen LogP contribution >= 0.6 is 31.9 Å². The van der Waals surface area contributed by atoms with Gasteiger partial charge in [-0.25, -0.2) is 13.1 Å². The van der Waals surface area contributed by atoms with Crippen LogP contribution in [0.15, 0.2) is 26.0 Å². The van der Waals surface area contributed by atoms with Crippen molar-refractivity contribution in [3.05, 3.63) is 21.1 Å². The highest BCUT2D eigenvalue weighted by Gasteiger charge is 2.24. The van der Waals surface area contributed by atoms with Crippen LogP contribution < -0.4 is 10.5 Å². The minimum absolute atomic E-state index is 0.185. The summed E-state index contributed by atoms with van der Waals surface area (Å²) in [5.74, 6) is 0. The third-order valence-electron chi connectivity index (χ3n) is 3.62. The van der Waals surface area contributed by atoms with Crippen LogP contribution in [-0.4, -0.2) is 39.0 Å². The first-order valence-corrected chi connectivity index (χ1v) is 9.86. The van der Waals surface area contributed by atoms with E-state index in [0.717, 1.165) is 13.1 Å². The topological polar surface area (TPSA) is 75.4 Å². The number of benzene rings is 1. The maximum Gasteiger partial charge on any atom is 0.242 e. The molecule has 1 fully saturated rings. The van der Waals surface area contributed by atoms with Crippen LogP contribution in [0.2, 0.25) is 0 Å². The first kappa shape index (κ1) is 17.2. The Hall–Kier alpha value is -0.150. The molecule has 5 nitrogen and oxygen atoms in total. The Morgan fingerprint density at radius 1 is 1.29 bits per heavy atom. The van der Waals surface area contributed by atoms with Crippen molar-refractivity contribution in [1.82, 2.24) is 9.62 Å². The van der Waals surface area contributed by atoms with Crippen molar-refractivity contribution in [2.24, 2.45) is 0 Å². The van der Waals surface area contributed by atoms with E-state index in [1.807, 2.05) is 6.92 Å². The van der Waals surface area contributed by atoms with Crippen molar-refractivity contribution in [3.63, 3.8) is 0 Å². The van der Waals surface area contributed by atoms with Crippen molar-refractivity contribution in [1.29, 1.82) is 0 Å². The molecule has 0 saturated carbocycles. The normalized spacial score (nSPS) is 18.0. The van der Waals surface area contributed by atoms with Crippen LogP contribution in [0.5, 0.6) is 0 Å². The second-order valence-corrected chi connectivity index (χ2v) is 8.67. The summed E-state index contributed by atoms with van der Waals surface area (Å²) in [4.78, 5) is 2.49. The average Bonchev–Trinajstić information content (AvgIpc) is 2.88. The number of halogens is 2. The van der Waals surface area contributed by atoms with Gasteiger partial charge in [-0.3, -0.25) is 4.90 Å². The largest absolute Gasteiger partial charge is 0.399 e. The smallest absolute Gasteiger partial charge is 0.242 e. The highest BCUT2D eigenvalue weighted by atomic mass is 79.9. The Morgan fingerprint density at radius 3 is 2.33 bits per heavy atom. The molecule has 1 atom stereocenters. The van der Waals surface area contributed by atoms with E-state index in [-0.39, 0.29) is 10.9 Å². The van der Waals surface area contributed by atoms with Gasteiger partial charge in [0.05, 0.1) is 0 Å². The Balaban J connectivity index is 2.11. The Labute approximate surface area is 142 Å². The summed E-state index contributed by atoms with van der Waals surface area (Å²) in [7, 11) is -3.59. The van der Waals surface area contributed by atoms with Gasteiger partial charge < -0.3 is 5.73 Å². The van der Waals surface area contributed by atoms with Gasteiger partial charge in [0.1, 0.15) is 4.90 Å². The molecule has 21 heavy (non-hydrogen) atoms. The molecule has 1 aliphatic rings. The predicted molar refractivity (Wildman–Crippen MR) is 91.7 cm³/mol. The molecule has 0 radical (unpaired) electrons. The zero-order chi connectivity index (χ0) is 15.6. The molecule has 1 heterocycles. The standard InChI is InChI=1S/C13H19Br2N3O2S/c1-9(18-4-2-3-5-18)8-17-21(19,20)13-11(14)6-10(16)7-12(13)15/h6-7,9,17H,2-5,8,16H2,1H3. The number of nitrogens with two attached hydrogens (primary N) is 1. The summed E-state index contributed by atoms with van der Waals surface area (Å²) in [5, 5.41) is 0. The molecule has 1 aromatic carbocycles. The molecule has 2 rings (SSSR count). The van der Waals surface area contributed by atoms with Gasteiger partial charge in [0.25, 0.3) is 0 Å². The summed E-state index contributed by atoms with van der Waals surface area (Å²) in [6.07, 6.45) is 2.37. The summed E-state index contributed by atoms with van der Waals surface area (Å²) in [6, 6.07) is 3.36. The fraction of sp³-hybridized carbons (Fsp3) is 0.538. The Bertz CT molecular complexity index is 593. The maximum atomic E-state index is 12.5. The molecule has 0 aliphatic carbocycles. The van der Waals surface area contributed by atoms with E-state index in [1.165, 1.54) is 12.8 Å². The number of hydrogen-bond donors (Lipinski definition) is 2. The maximum absolute atomic E-state index is 12.5. The minimum atomic E-state index is -3.59. The van der Waals surface area contributed by atoms with Crippen LogP contribution in [0, 0.1) is 0 Å². The lowest BCUT2D eigenvalue weighted by molar-refractivity contribution is 0.260. The third kappa shape index (κ3) is 4.19. The first-order chi connectivity index (χ1) is 9.81. The molecule has 1 unspecified atom stereocenters. The zero-order valence-electron chi connectivity index (χ0n) is 11.8. The highest BCUT2D eigenvalue weighted by Crippen LogP contribution is 2.32. The van der Waals surface area contributed by atoms with Gasteiger partial charge in [-0.1, -0.05) is 0 Å². The van der Waals surface area contributed by atoms with Gasteiger partial charge in [-0.2, -0.15) is 0 Å². The molecule has 1 aromatic rings. The van der Waals surface area contributed by atoms with Crippen LogP contribution in [-0.2, 0) is 10.0 Å². The summed E-state index contributed by atoms with van der Waals surface area (Å²) in [6.45, 7) is 4.52. The second-order valence-electron chi connectivity index (χ2n) is 5.26. The summed E-state index contributed by atoms with van der Waals surface area (Å²) >= 11 is 6.53. The third-order valence-corrected chi connectivity index (χ3v) is 6.92. The molecule has 0 aromatic heterocycles. The lowest BCUT2D eigenvalue weighted by Crippen LogP contribution is -2.40. The number of nitrogens with zero attached hydrogens (tertiary/aromatic N) is 1. The van der Waals surface area contributed by atoms with Crippen molar-refractivity contribution < 1.29 is 8.42 Å². The molecule has 0 spiro atoms. The first-order valence-electron chi connectivity index (χ1n) is 6.79. The van der Waals surface area contributed by atoms with E-state index in [4.69, 9.17) is 5.73 Å². The number of anilines is 1. The number of sulfonamides is 1. The van der Waals surface area contributed by atoms with Crippen LogP contribution in [0.4, 0.5) is 5.69 Å². The van der Waals surface area contributed by atoms with Gasteiger partial charge in [-0.05, 0) is 76.8 Å². The van der Waals surface area contributed by atoms with Crippen LogP contribution in [0.3, 0.4) is 0 Å². The van der Waals surface area contributed by atoms with E-state index in [1.54, 1.807) is 12.1 Å². The lowest BCUT2D eigenvalue weighted by Gasteiger charge is -2.24. The van der Waals surface area contributed by atoms with Gasteiger partial charge >= 0.3 is 0 Å². The van der Waals surface area contributed by atoms with E-state index < -0.39 is 10.0 Å². The molecule has 3 N–H and O–H groups in total. The molecular formula is C13H19Br2N3O2S. The quantitative estimate of drug-likeness (QED) is 0.690. The fourth-order valence-electron chi connectivity index (χ4n) is 2.45. The molecule has 118 valence electrons. The number of likely N-dealkylation sites (tertiary alicyclic amines) is 1.